The van der Waals surface area contributed by atoms with Crippen LogP contribution in [-0.2, 0) is 0 Å². The highest BCUT2D eigenvalue weighted by molar-refractivity contribution is 5.43. The number of hydrogen-bond acceptors (Lipinski definition) is 2. The summed E-state index contributed by atoms with van der Waals surface area (Å²) in [6, 6.07) is 12.1. The maximum Gasteiger partial charge on any atom is 0.168 e. The number of hydrogen-bond donors (Lipinski definition) is 1. The number of ether oxygens (including phenoxy) is 1. The molecule has 20 heavy (non-hydrogen) atoms. The lowest BCUT2D eigenvalue weighted by Crippen LogP contribution is -2.01. The molecule has 2 aromatic rings. The second-order valence-electron chi connectivity index (χ2n) is 5.13. The largest absolute Gasteiger partial charge is 0.454 e. The third kappa shape index (κ3) is 2.99. The van der Waals surface area contributed by atoms with Crippen LogP contribution in [0, 0.1) is 5.82 Å². The predicted octanol–water partition coefficient (Wildman–Crippen LogP) is 4.79. The summed E-state index contributed by atoms with van der Waals surface area (Å²) in [7, 11) is 0. The van der Waals surface area contributed by atoms with E-state index in [9.17, 15) is 9.50 Å². The van der Waals surface area contributed by atoms with Crippen LogP contribution in [0.2, 0.25) is 0 Å². The minimum absolute atomic E-state index is 0.0931. The first kappa shape index (κ1) is 14.5. The second-order valence-corrected chi connectivity index (χ2v) is 5.13. The Morgan fingerprint density at radius 3 is 2.25 bits per heavy atom. The van der Waals surface area contributed by atoms with Crippen molar-refractivity contribution in [2.75, 3.05) is 0 Å². The minimum atomic E-state index is -0.785. The number of halogens is 1. The first-order valence-corrected chi connectivity index (χ1v) is 6.74. The van der Waals surface area contributed by atoms with Gasteiger partial charge in [0.25, 0.3) is 0 Å². The van der Waals surface area contributed by atoms with E-state index in [0.717, 1.165) is 5.56 Å². The predicted molar refractivity (Wildman–Crippen MR) is 77.6 cm³/mol. The zero-order valence-electron chi connectivity index (χ0n) is 11.9. The lowest BCUT2D eigenvalue weighted by atomic mass is 10.0. The Kier molecular flexibility index (Phi) is 4.40. The van der Waals surface area contributed by atoms with Crippen molar-refractivity contribution in [1.82, 2.24) is 0 Å². The highest BCUT2D eigenvalue weighted by Crippen LogP contribution is 2.35. The molecule has 1 atom stereocenters. The molecule has 0 unspecified atom stereocenters. The molecule has 106 valence electrons. The molecule has 0 spiro atoms. The van der Waals surface area contributed by atoms with Crippen LogP contribution in [0.5, 0.6) is 11.5 Å². The molecule has 0 saturated carbocycles. The van der Waals surface area contributed by atoms with Gasteiger partial charge in [-0.25, -0.2) is 4.39 Å². The van der Waals surface area contributed by atoms with Gasteiger partial charge in [-0.2, -0.15) is 0 Å². The first-order chi connectivity index (χ1) is 9.50. The van der Waals surface area contributed by atoms with Crippen molar-refractivity contribution < 1.29 is 14.2 Å². The average Bonchev–Trinajstić information content (AvgIpc) is 2.41. The van der Waals surface area contributed by atoms with E-state index in [-0.39, 0.29) is 11.7 Å². The quantitative estimate of drug-likeness (QED) is 0.868. The Morgan fingerprint density at radius 2 is 1.60 bits per heavy atom. The molecule has 0 fully saturated rings. The molecule has 1 N–H and O–H groups in total. The van der Waals surface area contributed by atoms with Gasteiger partial charge in [-0.3, -0.25) is 0 Å². The van der Waals surface area contributed by atoms with Crippen LogP contribution < -0.4 is 4.74 Å². The topological polar surface area (TPSA) is 29.5 Å². The van der Waals surface area contributed by atoms with E-state index in [2.05, 4.69) is 13.8 Å². The first-order valence-electron chi connectivity index (χ1n) is 6.74. The van der Waals surface area contributed by atoms with Gasteiger partial charge in [0.05, 0.1) is 6.10 Å². The van der Waals surface area contributed by atoms with E-state index < -0.39 is 11.9 Å². The Bertz CT molecular complexity index is 591. The third-order valence-corrected chi connectivity index (χ3v) is 3.20. The van der Waals surface area contributed by atoms with Gasteiger partial charge in [0.2, 0.25) is 0 Å². The molecule has 0 heterocycles. The summed E-state index contributed by atoms with van der Waals surface area (Å²) in [6.07, 6.45) is -0.785. The smallest absolute Gasteiger partial charge is 0.168 e. The normalized spacial score (nSPS) is 12.5. The summed E-state index contributed by atoms with van der Waals surface area (Å²) in [5.41, 5.74) is 1.45. The van der Waals surface area contributed by atoms with E-state index >= 15 is 0 Å². The fourth-order valence-electron chi connectivity index (χ4n) is 2.12. The molecule has 2 aromatic carbocycles. The summed E-state index contributed by atoms with van der Waals surface area (Å²) in [5, 5.41) is 9.74. The Hall–Kier alpha value is -1.87. The molecule has 0 amide bonds. The van der Waals surface area contributed by atoms with Gasteiger partial charge in [-0.1, -0.05) is 44.2 Å². The number of rotatable bonds is 4. The van der Waals surface area contributed by atoms with Crippen molar-refractivity contribution in [1.29, 1.82) is 0 Å². The summed E-state index contributed by atoms with van der Waals surface area (Å²) in [4.78, 5) is 0. The maximum absolute atomic E-state index is 14.0. The SMILES string of the molecule is CC(C)c1ccccc1Oc1c(F)cccc1[C@@H](C)O. The molecule has 0 aliphatic rings. The molecule has 0 aliphatic carbocycles. The van der Waals surface area contributed by atoms with Crippen LogP contribution in [0.25, 0.3) is 0 Å². The van der Waals surface area contributed by atoms with Crippen LogP contribution in [0.3, 0.4) is 0 Å². The molecule has 0 radical (unpaired) electrons. The van der Waals surface area contributed by atoms with Crippen LogP contribution >= 0.6 is 0 Å². The van der Waals surface area contributed by atoms with Crippen molar-refractivity contribution in [2.45, 2.75) is 32.8 Å². The molecule has 2 rings (SSSR count). The van der Waals surface area contributed by atoms with Crippen molar-refractivity contribution in [3.63, 3.8) is 0 Å². The zero-order chi connectivity index (χ0) is 14.7. The van der Waals surface area contributed by atoms with E-state index in [0.29, 0.717) is 11.3 Å². The standard InChI is InChI=1S/C17H19FO2/c1-11(2)13-7-4-5-10-16(13)20-17-14(12(3)19)8-6-9-15(17)18/h4-12,19H,1-3H3/t12-/m1/s1. The molecule has 3 heteroatoms. The molecule has 0 bridgehead atoms. The number of para-hydroxylation sites is 2. The van der Waals surface area contributed by atoms with E-state index in [4.69, 9.17) is 4.74 Å². The van der Waals surface area contributed by atoms with Crippen LogP contribution in [0.15, 0.2) is 42.5 Å². The van der Waals surface area contributed by atoms with Gasteiger partial charge in [0.1, 0.15) is 5.75 Å². The zero-order valence-corrected chi connectivity index (χ0v) is 11.9. The molecule has 0 aromatic heterocycles. The fraction of sp³-hybridized carbons (Fsp3) is 0.294. The van der Waals surface area contributed by atoms with Crippen LogP contribution in [-0.4, -0.2) is 5.11 Å². The molecule has 0 saturated heterocycles. The number of aliphatic hydroxyl groups excluding tert-OH is 1. The van der Waals surface area contributed by atoms with E-state index in [1.54, 1.807) is 19.1 Å². The molecule has 2 nitrogen and oxygen atoms in total. The fourth-order valence-corrected chi connectivity index (χ4v) is 2.12. The molecular weight excluding hydrogens is 255 g/mol. The Morgan fingerprint density at radius 1 is 0.950 bits per heavy atom. The Labute approximate surface area is 118 Å². The lowest BCUT2D eigenvalue weighted by Gasteiger charge is -2.17. The number of benzene rings is 2. The van der Waals surface area contributed by atoms with Crippen molar-refractivity contribution in [2.24, 2.45) is 0 Å². The van der Waals surface area contributed by atoms with E-state index in [1.807, 2.05) is 24.3 Å². The summed E-state index contributed by atoms with van der Waals surface area (Å²) >= 11 is 0. The Balaban J connectivity index is 2.45. The van der Waals surface area contributed by atoms with Gasteiger partial charge >= 0.3 is 0 Å². The monoisotopic (exact) mass is 274 g/mol. The van der Waals surface area contributed by atoms with Gasteiger partial charge in [-0.15, -0.1) is 0 Å². The lowest BCUT2D eigenvalue weighted by molar-refractivity contribution is 0.194. The van der Waals surface area contributed by atoms with E-state index in [1.165, 1.54) is 6.07 Å². The third-order valence-electron chi connectivity index (χ3n) is 3.20. The second kappa shape index (κ2) is 6.06. The van der Waals surface area contributed by atoms with Crippen molar-refractivity contribution >= 4 is 0 Å². The van der Waals surface area contributed by atoms with Crippen molar-refractivity contribution in [3.8, 4) is 11.5 Å². The van der Waals surface area contributed by atoms with Gasteiger partial charge in [0, 0.05) is 5.56 Å². The van der Waals surface area contributed by atoms with Crippen molar-refractivity contribution in [3.05, 3.63) is 59.4 Å². The van der Waals surface area contributed by atoms with Gasteiger partial charge in [-0.05, 0) is 30.5 Å². The van der Waals surface area contributed by atoms with Gasteiger partial charge < -0.3 is 9.84 Å². The van der Waals surface area contributed by atoms with Crippen LogP contribution in [0.4, 0.5) is 4.39 Å². The summed E-state index contributed by atoms with van der Waals surface area (Å²) in [5.74, 6) is 0.514. The summed E-state index contributed by atoms with van der Waals surface area (Å²) in [6.45, 7) is 5.70. The maximum atomic E-state index is 14.0. The average molecular weight is 274 g/mol. The number of aliphatic hydroxyl groups is 1. The van der Waals surface area contributed by atoms with Crippen LogP contribution in [0.1, 0.15) is 43.9 Å². The molecular formula is C17H19FO2. The highest BCUT2D eigenvalue weighted by Gasteiger charge is 2.16. The minimum Gasteiger partial charge on any atom is -0.454 e. The summed E-state index contributed by atoms with van der Waals surface area (Å²) < 4.78 is 19.8. The highest BCUT2D eigenvalue weighted by atomic mass is 19.1. The van der Waals surface area contributed by atoms with Gasteiger partial charge in [0.15, 0.2) is 11.6 Å². The molecule has 0 aliphatic heterocycles.